The molecule has 0 N–H and O–H groups in total. The molecule has 1 amide bonds. The second-order valence-corrected chi connectivity index (χ2v) is 6.94. The Kier molecular flexibility index (Phi) is 4.91. The third-order valence-corrected chi connectivity index (χ3v) is 5.54. The molecule has 0 aromatic carbocycles. The zero-order valence-electron chi connectivity index (χ0n) is 12.7. The Labute approximate surface area is 130 Å². The third-order valence-electron chi connectivity index (χ3n) is 4.48. The van der Waals surface area contributed by atoms with Crippen molar-refractivity contribution in [3.05, 3.63) is 16.1 Å². The molecule has 0 radical (unpaired) electrons. The van der Waals surface area contributed by atoms with E-state index in [9.17, 15) is 4.79 Å². The summed E-state index contributed by atoms with van der Waals surface area (Å²) in [5, 5.41) is 3.36. The van der Waals surface area contributed by atoms with Gasteiger partial charge in [-0.15, -0.1) is 11.3 Å². The Morgan fingerprint density at radius 3 is 3.10 bits per heavy atom. The molecule has 0 spiro atoms. The van der Waals surface area contributed by atoms with E-state index in [4.69, 9.17) is 9.72 Å². The van der Waals surface area contributed by atoms with Crippen molar-refractivity contribution >= 4 is 17.2 Å². The highest BCUT2D eigenvalue weighted by Crippen LogP contribution is 2.30. The van der Waals surface area contributed by atoms with Crippen LogP contribution < -0.4 is 0 Å². The largest absolute Gasteiger partial charge is 0.378 e. The number of aromatic nitrogens is 1. The molecule has 0 aliphatic carbocycles. The van der Waals surface area contributed by atoms with E-state index in [1.54, 1.807) is 11.3 Å². The maximum Gasteiger partial charge on any atom is 0.225 e. The normalized spacial score (nSPS) is 26.2. The van der Waals surface area contributed by atoms with Crippen LogP contribution in [-0.2, 0) is 16.0 Å². The first-order valence-corrected chi connectivity index (χ1v) is 8.98. The summed E-state index contributed by atoms with van der Waals surface area (Å²) in [6.07, 6.45) is 6.08. The van der Waals surface area contributed by atoms with Crippen LogP contribution in [0.15, 0.2) is 5.38 Å². The van der Waals surface area contributed by atoms with E-state index in [1.165, 1.54) is 10.7 Å². The van der Waals surface area contributed by atoms with Crippen LogP contribution in [0.3, 0.4) is 0 Å². The summed E-state index contributed by atoms with van der Waals surface area (Å²) >= 11 is 1.75. The Morgan fingerprint density at radius 2 is 2.38 bits per heavy atom. The van der Waals surface area contributed by atoms with E-state index >= 15 is 0 Å². The molecule has 2 aliphatic rings. The minimum Gasteiger partial charge on any atom is -0.378 e. The van der Waals surface area contributed by atoms with Gasteiger partial charge in [-0.1, -0.05) is 6.92 Å². The van der Waals surface area contributed by atoms with Crippen LogP contribution in [0.25, 0.3) is 0 Å². The molecule has 2 fully saturated rings. The molecule has 2 saturated heterocycles. The lowest BCUT2D eigenvalue weighted by molar-refractivity contribution is -0.134. The molecule has 5 heteroatoms. The summed E-state index contributed by atoms with van der Waals surface area (Å²) in [7, 11) is 0. The highest BCUT2D eigenvalue weighted by atomic mass is 32.1. The zero-order valence-corrected chi connectivity index (χ0v) is 13.5. The number of hydrogen-bond acceptors (Lipinski definition) is 4. The van der Waals surface area contributed by atoms with Gasteiger partial charge in [0.25, 0.3) is 0 Å². The minimum absolute atomic E-state index is 0.157. The molecule has 1 aromatic rings. The van der Waals surface area contributed by atoms with Gasteiger partial charge in [-0.05, 0) is 32.1 Å². The van der Waals surface area contributed by atoms with Crippen LogP contribution in [0.2, 0.25) is 0 Å². The van der Waals surface area contributed by atoms with Crippen molar-refractivity contribution in [2.45, 2.75) is 57.5 Å². The molecule has 3 heterocycles. The fourth-order valence-corrected chi connectivity index (χ4v) is 4.24. The number of carbonyl (C=O) groups excluding carboxylic acids is 1. The lowest BCUT2D eigenvalue weighted by Crippen LogP contribution is -2.40. The molecular weight excluding hydrogens is 284 g/mol. The average Bonchev–Trinajstić information content (AvgIpc) is 3.18. The molecule has 3 rings (SSSR count). The van der Waals surface area contributed by atoms with Gasteiger partial charge in [0.1, 0.15) is 0 Å². The Hall–Kier alpha value is -0.940. The molecule has 0 bridgehead atoms. The number of nitrogens with zero attached hydrogens (tertiary/aromatic N) is 2. The first-order valence-electron chi connectivity index (χ1n) is 8.10. The van der Waals surface area contributed by atoms with E-state index in [2.05, 4.69) is 12.3 Å². The molecule has 2 atom stereocenters. The molecule has 2 aliphatic heterocycles. The van der Waals surface area contributed by atoms with Gasteiger partial charge < -0.3 is 9.64 Å². The molecule has 0 unspecified atom stereocenters. The monoisotopic (exact) mass is 308 g/mol. The first kappa shape index (κ1) is 15.0. The number of thiazole rings is 1. The van der Waals surface area contributed by atoms with E-state index in [-0.39, 0.29) is 12.0 Å². The lowest BCUT2D eigenvalue weighted by atomic mass is 9.98. The fourth-order valence-electron chi connectivity index (χ4n) is 3.21. The van der Waals surface area contributed by atoms with Gasteiger partial charge in [-0.2, -0.15) is 0 Å². The molecule has 116 valence electrons. The molecule has 0 saturated carbocycles. The standard InChI is InChI=1S/C16H24N2O2S/c1-2-13-11-21-16(17-13)12-5-3-7-18(10-12)15(19)9-14-6-4-8-20-14/h11-12,14H,2-10H2,1H3/t12-,14+/m1/s1. The second-order valence-electron chi connectivity index (χ2n) is 6.05. The maximum absolute atomic E-state index is 12.4. The number of aryl methyl sites for hydroxylation is 1. The summed E-state index contributed by atoms with van der Waals surface area (Å²) in [5.41, 5.74) is 1.18. The quantitative estimate of drug-likeness (QED) is 0.859. The smallest absolute Gasteiger partial charge is 0.225 e. The number of amides is 1. The number of ether oxygens (including phenoxy) is 1. The SMILES string of the molecule is CCc1csc([C@@H]2CCCN(C(=O)C[C@@H]3CCCO3)C2)n1. The Balaban J connectivity index is 1.58. The van der Waals surface area contributed by atoms with Crippen molar-refractivity contribution in [1.29, 1.82) is 0 Å². The number of likely N-dealkylation sites (tertiary alicyclic amines) is 1. The van der Waals surface area contributed by atoms with Crippen molar-refractivity contribution in [1.82, 2.24) is 9.88 Å². The van der Waals surface area contributed by atoms with Crippen LogP contribution in [0.1, 0.15) is 55.6 Å². The van der Waals surface area contributed by atoms with Gasteiger partial charge in [0, 0.05) is 31.0 Å². The average molecular weight is 308 g/mol. The Bertz CT molecular complexity index is 482. The topological polar surface area (TPSA) is 42.4 Å². The van der Waals surface area contributed by atoms with Crippen molar-refractivity contribution in [3.63, 3.8) is 0 Å². The van der Waals surface area contributed by atoms with Crippen molar-refractivity contribution < 1.29 is 9.53 Å². The van der Waals surface area contributed by atoms with E-state index < -0.39 is 0 Å². The minimum atomic E-state index is 0.157. The molecule has 4 nitrogen and oxygen atoms in total. The highest BCUT2D eigenvalue weighted by molar-refractivity contribution is 7.09. The second kappa shape index (κ2) is 6.88. The van der Waals surface area contributed by atoms with Crippen molar-refractivity contribution in [2.75, 3.05) is 19.7 Å². The zero-order chi connectivity index (χ0) is 14.7. The summed E-state index contributed by atoms with van der Waals surface area (Å²) < 4.78 is 5.59. The highest BCUT2D eigenvalue weighted by Gasteiger charge is 2.28. The summed E-state index contributed by atoms with van der Waals surface area (Å²) in [6, 6.07) is 0. The summed E-state index contributed by atoms with van der Waals surface area (Å²) in [6.45, 7) is 4.69. The summed E-state index contributed by atoms with van der Waals surface area (Å²) in [5.74, 6) is 0.691. The van der Waals surface area contributed by atoms with E-state index in [0.717, 1.165) is 51.8 Å². The van der Waals surface area contributed by atoms with E-state index in [1.807, 2.05) is 4.90 Å². The Morgan fingerprint density at radius 1 is 1.48 bits per heavy atom. The van der Waals surface area contributed by atoms with Crippen LogP contribution in [0.4, 0.5) is 0 Å². The van der Waals surface area contributed by atoms with Crippen molar-refractivity contribution in [2.24, 2.45) is 0 Å². The fraction of sp³-hybridized carbons (Fsp3) is 0.750. The predicted molar refractivity (Wildman–Crippen MR) is 83.6 cm³/mol. The number of hydrogen-bond donors (Lipinski definition) is 0. The predicted octanol–water partition coefficient (Wildman–Crippen LogP) is 2.98. The van der Waals surface area contributed by atoms with Gasteiger partial charge in [0.15, 0.2) is 0 Å². The van der Waals surface area contributed by atoms with Crippen LogP contribution in [-0.4, -0.2) is 41.6 Å². The van der Waals surface area contributed by atoms with Gasteiger partial charge in [0.2, 0.25) is 5.91 Å². The van der Waals surface area contributed by atoms with Crippen LogP contribution in [0.5, 0.6) is 0 Å². The molecular formula is C16H24N2O2S. The van der Waals surface area contributed by atoms with Crippen LogP contribution >= 0.6 is 11.3 Å². The third kappa shape index (κ3) is 3.64. The molecule has 1 aromatic heterocycles. The van der Waals surface area contributed by atoms with Gasteiger partial charge >= 0.3 is 0 Å². The van der Waals surface area contributed by atoms with Crippen LogP contribution in [0, 0.1) is 0 Å². The molecule has 21 heavy (non-hydrogen) atoms. The lowest BCUT2D eigenvalue weighted by Gasteiger charge is -2.32. The number of carbonyl (C=O) groups is 1. The summed E-state index contributed by atoms with van der Waals surface area (Å²) in [4.78, 5) is 19.2. The number of piperidine rings is 1. The van der Waals surface area contributed by atoms with E-state index in [0.29, 0.717) is 12.3 Å². The van der Waals surface area contributed by atoms with Gasteiger partial charge in [0.05, 0.1) is 23.2 Å². The first-order chi connectivity index (χ1) is 10.3. The maximum atomic E-state index is 12.4. The number of rotatable bonds is 4. The van der Waals surface area contributed by atoms with Gasteiger partial charge in [-0.25, -0.2) is 4.98 Å². The van der Waals surface area contributed by atoms with Gasteiger partial charge in [-0.3, -0.25) is 4.79 Å². The van der Waals surface area contributed by atoms with Crippen molar-refractivity contribution in [3.8, 4) is 0 Å².